The zero-order valence-corrected chi connectivity index (χ0v) is 14.5. The van der Waals surface area contributed by atoms with Crippen LogP contribution in [0.2, 0.25) is 0 Å². The van der Waals surface area contributed by atoms with Crippen molar-refractivity contribution in [3.63, 3.8) is 0 Å². The van der Waals surface area contributed by atoms with Crippen LogP contribution >= 0.6 is 0 Å². The van der Waals surface area contributed by atoms with E-state index < -0.39 is 0 Å². The number of nitrogens with zero attached hydrogens (tertiary/aromatic N) is 1. The highest BCUT2D eigenvalue weighted by atomic mass is 16.5. The first-order chi connectivity index (χ1) is 11.6. The molecule has 1 aromatic carbocycles. The normalized spacial score (nSPS) is 19.4. The Hall–Kier alpha value is -2.30. The van der Waals surface area contributed by atoms with Crippen molar-refractivity contribution < 1.29 is 19.1 Å². The number of benzene rings is 1. The van der Waals surface area contributed by atoms with E-state index in [0.717, 1.165) is 24.3 Å². The number of hydrogen-bond acceptors (Lipinski definition) is 4. The van der Waals surface area contributed by atoms with Crippen molar-refractivity contribution >= 4 is 17.6 Å². The average molecular weight is 331 g/mol. The van der Waals surface area contributed by atoms with E-state index in [-0.39, 0.29) is 23.8 Å². The number of piperidine rings is 1. The number of ether oxygens (including phenoxy) is 2. The second-order valence-electron chi connectivity index (χ2n) is 5.89. The smallest absolute Gasteiger partial charge is 0.330 e. The van der Waals surface area contributed by atoms with Crippen LogP contribution in [0.3, 0.4) is 0 Å². The van der Waals surface area contributed by atoms with Crippen LogP contribution < -0.4 is 9.64 Å². The third-order valence-corrected chi connectivity index (χ3v) is 4.27. The first-order valence-corrected chi connectivity index (χ1v) is 8.38. The van der Waals surface area contributed by atoms with Crippen LogP contribution in [0.5, 0.6) is 5.75 Å². The third-order valence-electron chi connectivity index (χ3n) is 4.27. The molecule has 0 radical (unpaired) electrons. The van der Waals surface area contributed by atoms with E-state index in [2.05, 4.69) is 0 Å². The summed E-state index contributed by atoms with van der Waals surface area (Å²) < 4.78 is 10.1. The molecule has 2 rings (SSSR count). The van der Waals surface area contributed by atoms with Crippen molar-refractivity contribution in [2.24, 2.45) is 5.92 Å². The molecular formula is C19H25NO4. The minimum absolute atomic E-state index is 0.0327. The van der Waals surface area contributed by atoms with E-state index in [1.165, 1.54) is 6.08 Å². The lowest BCUT2D eigenvalue weighted by atomic mass is 9.90. The number of esters is 1. The predicted octanol–water partition coefficient (Wildman–Crippen LogP) is 3.34. The van der Waals surface area contributed by atoms with Gasteiger partial charge in [-0.3, -0.25) is 4.79 Å². The van der Waals surface area contributed by atoms with Crippen LogP contribution in [0.1, 0.15) is 33.1 Å². The molecule has 0 aromatic heterocycles. The number of carbonyl (C=O) groups is 2. The van der Waals surface area contributed by atoms with Gasteiger partial charge in [-0.2, -0.15) is 0 Å². The molecule has 0 N–H and O–H groups in total. The lowest BCUT2D eigenvalue weighted by molar-refractivity contribution is -0.137. The van der Waals surface area contributed by atoms with Gasteiger partial charge >= 0.3 is 5.97 Å². The Morgan fingerprint density at radius 3 is 2.71 bits per heavy atom. The van der Waals surface area contributed by atoms with Gasteiger partial charge in [0, 0.05) is 24.2 Å². The van der Waals surface area contributed by atoms with Gasteiger partial charge in [0.05, 0.1) is 13.7 Å². The maximum atomic E-state index is 12.5. The highest BCUT2D eigenvalue weighted by Crippen LogP contribution is 2.31. The molecule has 0 saturated carbocycles. The van der Waals surface area contributed by atoms with E-state index in [4.69, 9.17) is 9.47 Å². The Bertz CT molecular complexity index is 594. The molecule has 0 unspecified atom stereocenters. The summed E-state index contributed by atoms with van der Waals surface area (Å²) >= 11 is 0. The van der Waals surface area contributed by atoms with Crippen molar-refractivity contribution in [2.45, 2.75) is 39.2 Å². The molecule has 0 spiro atoms. The van der Waals surface area contributed by atoms with Gasteiger partial charge in [0.15, 0.2) is 0 Å². The van der Waals surface area contributed by atoms with Crippen LogP contribution in [0, 0.1) is 5.92 Å². The SMILES string of the molecule is CCOC(=O)/C=C/[C@H](C)[C@H]1CCCC(=O)N1c1ccc(OC)cc1. The number of amides is 1. The fourth-order valence-corrected chi connectivity index (χ4v) is 3.02. The Morgan fingerprint density at radius 2 is 2.08 bits per heavy atom. The first kappa shape index (κ1) is 18.0. The summed E-state index contributed by atoms with van der Waals surface area (Å²) in [5, 5.41) is 0. The fourth-order valence-electron chi connectivity index (χ4n) is 3.02. The molecule has 1 aliphatic heterocycles. The first-order valence-electron chi connectivity index (χ1n) is 8.38. The van der Waals surface area contributed by atoms with Crippen molar-refractivity contribution in [2.75, 3.05) is 18.6 Å². The van der Waals surface area contributed by atoms with Crippen molar-refractivity contribution in [3.8, 4) is 5.75 Å². The molecule has 0 bridgehead atoms. The number of methoxy groups -OCH3 is 1. The molecule has 1 aliphatic rings. The molecule has 130 valence electrons. The van der Waals surface area contributed by atoms with Crippen molar-refractivity contribution in [3.05, 3.63) is 36.4 Å². The number of hydrogen-bond donors (Lipinski definition) is 0. The molecule has 5 nitrogen and oxygen atoms in total. The molecule has 1 fully saturated rings. The summed E-state index contributed by atoms with van der Waals surface area (Å²) in [6.07, 6.45) is 5.62. The van der Waals surface area contributed by atoms with E-state index in [9.17, 15) is 9.59 Å². The summed E-state index contributed by atoms with van der Waals surface area (Å²) in [6.45, 7) is 4.16. The van der Waals surface area contributed by atoms with Gasteiger partial charge in [0.1, 0.15) is 5.75 Å². The van der Waals surface area contributed by atoms with Crippen molar-refractivity contribution in [1.29, 1.82) is 0 Å². The summed E-state index contributed by atoms with van der Waals surface area (Å²) in [5.41, 5.74) is 0.863. The average Bonchev–Trinajstić information content (AvgIpc) is 2.60. The van der Waals surface area contributed by atoms with E-state index in [1.807, 2.05) is 42.2 Å². The molecule has 2 atom stereocenters. The summed E-state index contributed by atoms with van der Waals surface area (Å²) in [7, 11) is 1.62. The second kappa shape index (κ2) is 8.52. The van der Waals surface area contributed by atoms with Gasteiger partial charge in [0.25, 0.3) is 0 Å². The van der Waals surface area contributed by atoms with Gasteiger partial charge in [-0.1, -0.05) is 13.0 Å². The Labute approximate surface area is 143 Å². The molecule has 24 heavy (non-hydrogen) atoms. The highest BCUT2D eigenvalue weighted by molar-refractivity contribution is 5.94. The standard InChI is InChI=1S/C19H25NO4/c1-4-24-19(22)13-8-14(2)17-6-5-7-18(21)20(17)15-9-11-16(23-3)12-10-15/h8-14,17H,4-7H2,1-3H3/b13-8+/t14-,17+/m0/s1. The lowest BCUT2D eigenvalue weighted by Gasteiger charge is -2.38. The largest absolute Gasteiger partial charge is 0.497 e. The number of rotatable bonds is 6. The molecular weight excluding hydrogens is 306 g/mol. The topological polar surface area (TPSA) is 55.8 Å². The van der Waals surface area contributed by atoms with E-state index in [1.54, 1.807) is 14.0 Å². The van der Waals surface area contributed by atoms with Crippen LogP contribution in [-0.2, 0) is 14.3 Å². The van der Waals surface area contributed by atoms with Crippen LogP contribution in [-0.4, -0.2) is 31.6 Å². The second-order valence-corrected chi connectivity index (χ2v) is 5.89. The molecule has 1 aromatic rings. The fraction of sp³-hybridized carbons (Fsp3) is 0.474. The maximum absolute atomic E-state index is 12.5. The Morgan fingerprint density at radius 1 is 1.38 bits per heavy atom. The van der Waals surface area contributed by atoms with Crippen LogP contribution in [0.15, 0.2) is 36.4 Å². The van der Waals surface area contributed by atoms with Gasteiger partial charge in [-0.25, -0.2) is 4.79 Å². The van der Waals surface area contributed by atoms with Gasteiger partial charge in [-0.05, 0) is 49.9 Å². The van der Waals surface area contributed by atoms with E-state index >= 15 is 0 Å². The summed E-state index contributed by atoms with van der Waals surface area (Å²) in [5.74, 6) is 0.589. The molecule has 5 heteroatoms. The van der Waals surface area contributed by atoms with Crippen molar-refractivity contribution in [1.82, 2.24) is 0 Å². The molecule has 1 heterocycles. The molecule has 1 saturated heterocycles. The van der Waals surface area contributed by atoms with Crippen LogP contribution in [0.4, 0.5) is 5.69 Å². The van der Waals surface area contributed by atoms with E-state index in [0.29, 0.717) is 13.0 Å². The van der Waals surface area contributed by atoms with Gasteiger partial charge in [-0.15, -0.1) is 0 Å². The predicted molar refractivity (Wildman–Crippen MR) is 93.1 cm³/mol. The maximum Gasteiger partial charge on any atom is 0.330 e. The summed E-state index contributed by atoms with van der Waals surface area (Å²) in [4.78, 5) is 25.8. The quantitative estimate of drug-likeness (QED) is 0.592. The lowest BCUT2D eigenvalue weighted by Crippen LogP contribution is -2.46. The highest BCUT2D eigenvalue weighted by Gasteiger charge is 2.32. The molecule has 0 aliphatic carbocycles. The zero-order valence-electron chi connectivity index (χ0n) is 14.5. The molecule has 1 amide bonds. The third kappa shape index (κ3) is 4.37. The van der Waals surface area contributed by atoms with Crippen LogP contribution in [0.25, 0.3) is 0 Å². The van der Waals surface area contributed by atoms with Gasteiger partial charge < -0.3 is 14.4 Å². The number of anilines is 1. The Kier molecular flexibility index (Phi) is 6.41. The monoisotopic (exact) mass is 331 g/mol. The minimum atomic E-state index is -0.345. The van der Waals surface area contributed by atoms with Gasteiger partial charge in [0.2, 0.25) is 5.91 Å². The number of carbonyl (C=O) groups excluding carboxylic acids is 2. The Balaban J connectivity index is 2.18. The minimum Gasteiger partial charge on any atom is -0.497 e. The summed E-state index contributed by atoms with van der Waals surface area (Å²) in [6, 6.07) is 7.54. The zero-order chi connectivity index (χ0) is 17.5.